The Labute approximate surface area is 200 Å². The molecule has 2 aromatic heterocycles. The SMILES string of the molecule is CN1C(=O)C(C)(c2ccc(Nc3nc(-c4c(F)cccc4F)nc4c[nH]c(O)c34)cc2)CC1(C)C. The van der Waals surface area contributed by atoms with Gasteiger partial charge in [-0.3, -0.25) is 4.79 Å². The second-order valence-corrected chi connectivity index (χ2v) is 9.78. The van der Waals surface area contributed by atoms with Gasteiger partial charge in [0.1, 0.15) is 22.8 Å². The van der Waals surface area contributed by atoms with Crippen molar-refractivity contribution in [1.82, 2.24) is 19.9 Å². The molecule has 35 heavy (non-hydrogen) atoms. The first kappa shape index (κ1) is 22.8. The van der Waals surface area contributed by atoms with Crippen LogP contribution in [0.4, 0.5) is 20.3 Å². The van der Waals surface area contributed by atoms with Crippen molar-refractivity contribution in [3.8, 4) is 17.3 Å². The van der Waals surface area contributed by atoms with Gasteiger partial charge < -0.3 is 20.3 Å². The van der Waals surface area contributed by atoms with E-state index in [1.54, 1.807) is 17.0 Å². The van der Waals surface area contributed by atoms with Crippen molar-refractivity contribution in [1.29, 1.82) is 0 Å². The predicted molar refractivity (Wildman–Crippen MR) is 129 cm³/mol. The molecule has 1 saturated heterocycles. The maximum atomic E-state index is 14.4. The summed E-state index contributed by atoms with van der Waals surface area (Å²) in [6.45, 7) is 6.04. The summed E-state index contributed by atoms with van der Waals surface area (Å²) in [5, 5.41) is 13.7. The largest absolute Gasteiger partial charge is 0.494 e. The molecule has 7 nitrogen and oxygen atoms in total. The molecule has 1 aliphatic heterocycles. The number of aromatic hydroxyl groups is 1. The molecular formula is C26H25F2N5O2. The summed E-state index contributed by atoms with van der Waals surface area (Å²) >= 11 is 0. The molecule has 1 unspecified atom stereocenters. The second kappa shape index (κ2) is 7.76. The Morgan fingerprint density at radius 1 is 1.06 bits per heavy atom. The molecule has 3 heterocycles. The normalized spacial score (nSPS) is 19.5. The number of benzene rings is 2. The van der Waals surface area contributed by atoms with Gasteiger partial charge in [-0.15, -0.1) is 0 Å². The van der Waals surface area contributed by atoms with Gasteiger partial charge in [-0.1, -0.05) is 18.2 Å². The van der Waals surface area contributed by atoms with Crippen LogP contribution in [-0.2, 0) is 10.2 Å². The zero-order valence-corrected chi connectivity index (χ0v) is 19.8. The van der Waals surface area contributed by atoms with E-state index in [2.05, 4.69) is 20.3 Å². The fraction of sp³-hybridized carbons (Fsp3) is 0.269. The molecule has 0 saturated carbocycles. The average molecular weight is 478 g/mol. The number of aromatic nitrogens is 3. The number of fused-ring (bicyclic) bond motifs is 1. The fourth-order valence-electron chi connectivity index (χ4n) is 4.93. The molecule has 9 heteroatoms. The van der Waals surface area contributed by atoms with Gasteiger partial charge in [-0.2, -0.15) is 0 Å². The number of hydrogen-bond acceptors (Lipinski definition) is 5. The van der Waals surface area contributed by atoms with Gasteiger partial charge >= 0.3 is 0 Å². The van der Waals surface area contributed by atoms with Crippen LogP contribution in [-0.4, -0.2) is 43.5 Å². The van der Waals surface area contributed by atoms with Crippen molar-refractivity contribution in [2.45, 2.75) is 38.1 Å². The number of likely N-dealkylation sites (N-methyl/N-ethyl adjacent to an activating group) is 1. The summed E-state index contributed by atoms with van der Waals surface area (Å²) in [5.74, 6) is -1.66. The maximum absolute atomic E-state index is 14.4. The molecular weight excluding hydrogens is 452 g/mol. The van der Waals surface area contributed by atoms with Crippen LogP contribution >= 0.6 is 0 Å². The Balaban J connectivity index is 1.53. The average Bonchev–Trinajstić information content (AvgIpc) is 3.25. The fourth-order valence-corrected chi connectivity index (χ4v) is 4.93. The molecule has 0 bridgehead atoms. The molecule has 0 radical (unpaired) electrons. The number of likely N-dealkylation sites (tertiary alicyclic amines) is 1. The van der Waals surface area contributed by atoms with Gasteiger partial charge in [-0.05, 0) is 57.0 Å². The van der Waals surface area contributed by atoms with E-state index in [1.807, 2.05) is 40.0 Å². The predicted octanol–water partition coefficient (Wildman–Crippen LogP) is 5.25. The molecule has 1 atom stereocenters. The van der Waals surface area contributed by atoms with E-state index < -0.39 is 17.0 Å². The van der Waals surface area contributed by atoms with Gasteiger partial charge in [0.15, 0.2) is 5.82 Å². The molecule has 3 N–H and O–H groups in total. The van der Waals surface area contributed by atoms with Crippen LogP contribution in [0.1, 0.15) is 32.8 Å². The second-order valence-electron chi connectivity index (χ2n) is 9.78. The van der Waals surface area contributed by atoms with Gasteiger partial charge in [0, 0.05) is 24.5 Å². The first-order chi connectivity index (χ1) is 16.5. The van der Waals surface area contributed by atoms with E-state index in [9.17, 15) is 18.7 Å². The van der Waals surface area contributed by atoms with Crippen molar-refractivity contribution in [2.75, 3.05) is 12.4 Å². The lowest BCUT2D eigenvalue weighted by Gasteiger charge is -2.26. The minimum absolute atomic E-state index is 0.0644. The third-order valence-corrected chi connectivity index (χ3v) is 6.96. The van der Waals surface area contributed by atoms with Crippen LogP contribution in [0.2, 0.25) is 0 Å². The molecule has 0 aliphatic carbocycles. The number of amides is 1. The number of anilines is 2. The Bertz CT molecular complexity index is 1440. The van der Waals surface area contributed by atoms with Crippen LogP contribution in [0.3, 0.4) is 0 Å². The van der Waals surface area contributed by atoms with Crippen LogP contribution in [0.15, 0.2) is 48.7 Å². The van der Waals surface area contributed by atoms with E-state index in [0.717, 1.165) is 17.7 Å². The summed E-state index contributed by atoms with van der Waals surface area (Å²) in [5.41, 5.74) is 0.553. The number of nitrogens with one attached hydrogen (secondary N) is 2. The highest BCUT2D eigenvalue weighted by atomic mass is 19.1. The summed E-state index contributed by atoms with van der Waals surface area (Å²) < 4.78 is 28.8. The Morgan fingerprint density at radius 3 is 2.31 bits per heavy atom. The minimum atomic E-state index is -0.790. The van der Waals surface area contributed by atoms with E-state index in [4.69, 9.17) is 0 Å². The standard InChI is InChI=1S/C26H25F2N5O2/c1-25(2)13-26(3,24(35)33(25)4)14-8-10-15(11-9-14)30-22-20-18(12-29-23(20)34)31-21(32-22)19-16(27)6-5-7-17(19)28/h5-12,29,34H,13H2,1-4H3,(H,30,31,32). The third-order valence-electron chi connectivity index (χ3n) is 6.96. The molecule has 180 valence electrons. The number of halogens is 2. The lowest BCUT2D eigenvalue weighted by Crippen LogP contribution is -2.38. The van der Waals surface area contributed by atoms with Gasteiger partial charge in [0.2, 0.25) is 11.8 Å². The van der Waals surface area contributed by atoms with Gasteiger partial charge in [0.25, 0.3) is 0 Å². The van der Waals surface area contributed by atoms with Crippen LogP contribution in [0.25, 0.3) is 22.3 Å². The third kappa shape index (κ3) is 3.58. The topological polar surface area (TPSA) is 94.1 Å². The summed E-state index contributed by atoms with van der Waals surface area (Å²) in [6.07, 6.45) is 2.12. The van der Waals surface area contributed by atoms with Crippen LogP contribution in [0.5, 0.6) is 5.88 Å². The first-order valence-electron chi connectivity index (χ1n) is 11.2. The monoisotopic (exact) mass is 477 g/mol. The lowest BCUT2D eigenvalue weighted by atomic mass is 9.77. The molecule has 2 aromatic carbocycles. The number of hydrogen-bond donors (Lipinski definition) is 3. The van der Waals surface area contributed by atoms with E-state index in [1.165, 1.54) is 12.3 Å². The number of rotatable bonds is 4. The zero-order chi connectivity index (χ0) is 25.1. The van der Waals surface area contributed by atoms with Crippen molar-refractivity contribution < 1.29 is 18.7 Å². The molecule has 0 spiro atoms. The van der Waals surface area contributed by atoms with Gasteiger partial charge in [0.05, 0.1) is 16.5 Å². The van der Waals surface area contributed by atoms with Crippen molar-refractivity contribution in [3.63, 3.8) is 0 Å². The summed E-state index contributed by atoms with van der Waals surface area (Å²) in [7, 11) is 1.82. The zero-order valence-electron chi connectivity index (χ0n) is 19.8. The number of aromatic amines is 1. The molecule has 1 amide bonds. The highest BCUT2D eigenvalue weighted by Crippen LogP contribution is 2.44. The van der Waals surface area contributed by atoms with Crippen LogP contribution in [0, 0.1) is 11.6 Å². The van der Waals surface area contributed by atoms with Crippen LogP contribution < -0.4 is 5.32 Å². The highest BCUT2D eigenvalue weighted by molar-refractivity contribution is 5.96. The Hall–Kier alpha value is -4.01. The smallest absolute Gasteiger partial charge is 0.233 e. The van der Waals surface area contributed by atoms with Crippen molar-refractivity contribution in [2.24, 2.45) is 0 Å². The van der Waals surface area contributed by atoms with Gasteiger partial charge in [-0.25, -0.2) is 18.7 Å². The molecule has 1 fully saturated rings. The summed E-state index contributed by atoms with van der Waals surface area (Å²) in [4.78, 5) is 26.0. The van der Waals surface area contributed by atoms with Crippen molar-refractivity contribution in [3.05, 3.63) is 65.9 Å². The number of nitrogens with zero attached hydrogens (tertiary/aromatic N) is 3. The van der Waals surface area contributed by atoms with E-state index in [0.29, 0.717) is 17.6 Å². The maximum Gasteiger partial charge on any atom is 0.233 e. The molecule has 5 rings (SSSR count). The first-order valence-corrected chi connectivity index (χ1v) is 11.2. The number of carbonyl (C=O) groups is 1. The lowest BCUT2D eigenvalue weighted by molar-refractivity contribution is -0.132. The number of carbonyl (C=O) groups excluding carboxylic acids is 1. The van der Waals surface area contributed by atoms with E-state index in [-0.39, 0.29) is 39.9 Å². The minimum Gasteiger partial charge on any atom is -0.494 e. The molecule has 1 aliphatic rings. The number of H-pyrrole nitrogens is 1. The Kier molecular flexibility index (Phi) is 5.05. The van der Waals surface area contributed by atoms with Crippen molar-refractivity contribution >= 4 is 28.3 Å². The molecule has 4 aromatic rings. The Morgan fingerprint density at radius 2 is 1.71 bits per heavy atom. The summed E-state index contributed by atoms with van der Waals surface area (Å²) in [6, 6.07) is 10.9. The quantitative estimate of drug-likeness (QED) is 0.373. The highest BCUT2D eigenvalue weighted by Gasteiger charge is 2.51. The van der Waals surface area contributed by atoms with E-state index >= 15 is 0 Å².